The number of rotatable bonds is 8. The Hall–Kier alpha value is -3.51. The van der Waals surface area contributed by atoms with Crippen molar-refractivity contribution in [3.8, 4) is 28.4 Å². The van der Waals surface area contributed by atoms with Crippen LogP contribution in [0.3, 0.4) is 0 Å². The molecule has 0 fully saturated rings. The lowest BCUT2D eigenvalue weighted by Crippen LogP contribution is -2.19. The number of carboxylic acids is 1. The summed E-state index contributed by atoms with van der Waals surface area (Å²) in [6, 6.07) is 16.2. The molecule has 0 aromatic heterocycles. The van der Waals surface area contributed by atoms with Gasteiger partial charge in [0, 0.05) is 36.6 Å². The van der Waals surface area contributed by atoms with Gasteiger partial charge in [-0.3, -0.25) is 4.79 Å². The molecule has 2 aliphatic rings. The van der Waals surface area contributed by atoms with Crippen LogP contribution in [0.4, 0.5) is 0 Å². The van der Waals surface area contributed by atoms with Gasteiger partial charge in [0.1, 0.15) is 30.0 Å². The van der Waals surface area contributed by atoms with Crippen molar-refractivity contribution >= 4 is 5.97 Å². The van der Waals surface area contributed by atoms with Gasteiger partial charge in [0.2, 0.25) is 0 Å². The number of ether oxygens (including phenoxy) is 4. The molecule has 182 valence electrons. The third-order valence-corrected chi connectivity index (χ3v) is 6.85. The zero-order chi connectivity index (χ0) is 24.5. The zero-order valence-electron chi connectivity index (χ0n) is 20.3. The van der Waals surface area contributed by atoms with Crippen LogP contribution in [0.5, 0.6) is 17.2 Å². The third-order valence-electron chi connectivity index (χ3n) is 6.85. The predicted octanol–water partition coefficient (Wildman–Crippen LogP) is 5.45. The average Bonchev–Trinajstić information content (AvgIpc) is 3.41. The summed E-state index contributed by atoms with van der Waals surface area (Å²) in [7, 11) is 1.70. The largest absolute Gasteiger partial charge is 0.492 e. The number of aryl methyl sites for hydroxylation is 1. The van der Waals surface area contributed by atoms with Crippen LogP contribution in [0, 0.1) is 13.8 Å². The van der Waals surface area contributed by atoms with Crippen LogP contribution >= 0.6 is 0 Å². The van der Waals surface area contributed by atoms with Crippen LogP contribution in [0.25, 0.3) is 11.1 Å². The Balaban J connectivity index is 1.32. The molecule has 0 saturated heterocycles. The van der Waals surface area contributed by atoms with E-state index in [1.807, 2.05) is 18.2 Å². The van der Waals surface area contributed by atoms with E-state index in [1.54, 1.807) is 7.11 Å². The first kappa shape index (κ1) is 23.2. The molecule has 1 N–H and O–H groups in total. The summed E-state index contributed by atoms with van der Waals surface area (Å²) < 4.78 is 23.2. The van der Waals surface area contributed by atoms with E-state index in [9.17, 15) is 4.79 Å². The molecule has 2 unspecified atom stereocenters. The van der Waals surface area contributed by atoms with Crippen molar-refractivity contribution in [2.75, 3.05) is 20.3 Å². The lowest BCUT2D eigenvalue weighted by atomic mass is 9.90. The fraction of sp³-hybridized carbons (Fsp3) is 0.345. The second kappa shape index (κ2) is 9.62. The van der Waals surface area contributed by atoms with E-state index >= 15 is 0 Å². The summed E-state index contributed by atoms with van der Waals surface area (Å²) in [6.07, 6.45) is 0.998. The fourth-order valence-corrected chi connectivity index (χ4v) is 5.23. The zero-order valence-corrected chi connectivity index (χ0v) is 20.3. The summed E-state index contributed by atoms with van der Waals surface area (Å²) >= 11 is 0. The van der Waals surface area contributed by atoms with Crippen molar-refractivity contribution in [3.05, 3.63) is 76.3 Å². The number of fused-ring (bicyclic) bond motifs is 2. The molecule has 0 bridgehead atoms. The molecule has 2 aliphatic heterocycles. The molecule has 2 atom stereocenters. The highest BCUT2D eigenvalue weighted by molar-refractivity contribution is 5.75. The van der Waals surface area contributed by atoms with Crippen molar-refractivity contribution in [1.29, 1.82) is 0 Å². The van der Waals surface area contributed by atoms with E-state index in [-0.39, 0.29) is 18.4 Å². The second-order valence-corrected chi connectivity index (χ2v) is 9.36. The third kappa shape index (κ3) is 4.71. The Bertz CT molecular complexity index is 1260. The van der Waals surface area contributed by atoms with Gasteiger partial charge in [-0.25, -0.2) is 0 Å². The standard InChI is InChI=1S/C29H30O6/c1-17-9-27-25(12-23(35-27)16-32-3)18(2)29(17)20-6-4-5-19(10-20)14-33-22-7-8-24-21(11-28(30)31)15-34-26(24)13-22/h4-10,13,21,23H,11-12,14-16H2,1-3H3,(H,30,31). The van der Waals surface area contributed by atoms with Crippen molar-refractivity contribution in [1.82, 2.24) is 0 Å². The number of carboxylic acid groups (broad SMARTS) is 1. The van der Waals surface area contributed by atoms with E-state index in [0.29, 0.717) is 31.3 Å². The van der Waals surface area contributed by atoms with Gasteiger partial charge in [-0.1, -0.05) is 24.3 Å². The Morgan fingerprint density at radius 3 is 2.77 bits per heavy atom. The predicted molar refractivity (Wildman–Crippen MR) is 133 cm³/mol. The van der Waals surface area contributed by atoms with Crippen LogP contribution in [0.15, 0.2) is 48.5 Å². The van der Waals surface area contributed by atoms with Crippen molar-refractivity contribution in [3.63, 3.8) is 0 Å². The van der Waals surface area contributed by atoms with Crippen LogP contribution in [0.1, 0.15) is 40.2 Å². The molecular weight excluding hydrogens is 444 g/mol. The summed E-state index contributed by atoms with van der Waals surface area (Å²) in [4.78, 5) is 11.1. The van der Waals surface area contributed by atoms with Crippen molar-refractivity contribution in [2.45, 2.75) is 45.3 Å². The van der Waals surface area contributed by atoms with Gasteiger partial charge in [0.05, 0.1) is 19.6 Å². The molecular formula is C29H30O6. The number of hydrogen-bond acceptors (Lipinski definition) is 5. The number of benzene rings is 3. The molecule has 0 amide bonds. The first-order valence-electron chi connectivity index (χ1n) is 11.9. The minimum Gasteiger partial charge on any atom is -0.492 e. The smallest absolute Gasteiger partial charge is 0.304 e. The normalized spacial score (nSPS) is 17.9. The molecule has 6 heteroatoms. The topological polar surface area (TPSA) is 74.2 Å². The summed E-state index contributed by atoms with van der Waals surface area (Å²) in [5, 5.41) is 9.09. The van der Waals surface area contributed by atoms with Gasteiger partial charge < -0.3 is 24.1 Å². The SMILES string of the molecule is COCC1Cc2c(cc(C)c(-c3cccc(COc4ccc5c(c4)OCC5CC(=O)O)c3)c2C)O1. The van der Waals surface area contributed by atoms with Crippen LogP contribution in [-0.4, -0.2) is 37.5 Å². The first-order valence-corrected chi connectivity index (χ1v) is 11.9. The molecule has 3 aromatic carbocycles. The minimum absolute atomic E-state index is 0.0683. The molecule has 0 aliphatic carbocycles. The number of aliphatic carboxylic acids is 1. The van der Waals surface area contributed by atoms with Crippen LogP contribution in [-0.2, 0) is 22.6 Å². The number of hydrogen-bond donors (Lipinski definition) is 1. The molecule has 2 heterocycles. The first-order chi connectivity index (χ1) is 16.9. The highest BCUT2D eigenvalue weighted by atomic mass is 16.5. The summed E-state index contributed by atoms with van der Waals surface area (Å²) in [5.74, 6) is 1.46. The molecule has 0 radical (unpaired) electrons. The molecule has 5 rings (SSSR count). The van der Waals surface area contributed by atoms with Crippen molar-refractivity contribution in [2.24, 2.45) is 0 Å². The Kier molecular flexibility index (Phi) is 6.39. The van der Waals surface area contributed by atoms with Crippen LogP contribution in [0.2, 0.25) is 0 Å². The summed E-state index contributed by atoms with van der Waals surface area (Å²) in [5.41, 5.74) is 8.10. The second-order valence-electron chi connectivity index (χ2n) is 9.36. The lowest BCUT2D eigenvalue weighted by molar-refractivity contribution is -0.137. The molecule has 35 heavy (non-hydrogen) atoms. The maximum Gasteiger partial charge on any atom is 0.304 e. The Morgan fingerprint density at radius 1 is 1.11 bits per heavy atom. The maximum absolute atomic E-state index is 11.1. The molecule has 6 nitrogen and oxygen atoms in total. The minimum atomic E-state index is -0.817. The number of methoxy groups -OCH3 is 1. The average molecular weight is 475 g/mol. The van der Waals surface area contributed by atoms with Gasteiger partial charge in [-0.05, 0) is 59.9 Å². The molecule has 0 spiro atoms. The summed E-state index contributed by atoms with van der Waals surface area (Å²) in [6.45, 7) is 5.70. The van der Waals surface area contributed by atoms with Gasteiger partial charge in [-0.2, -0.15) is 0 Å². The highest BCUT2D eigenvalue weighted by Gasteiger charge is 2.28. The van der Waals surface area contributed by atoms with Gasteiger partial charge >= 0.3 is 5.97 Å². The van der Waals surface area contributed by atoms with Crippen LogP contribution < -0.4 is 14.2 Å². The monoisotopic (exact) mass is 474 g/mol. The molecule has 0 saturated carbocycles. The van der Waals surface area contributed by atoms with E-state index in [4.69, 9.17) is 24.1 Å². The Morgan fingerprint density at radius 2 is 1.97 bits per heavy atom. The van der Waals surface area contributed by atoms with E-state index < -0.39 is 5.97 Å². The fourth-order valence-electron chi connectivity index (χ4n) is 5.23. The van der Waals surface area contributed by atoms with Gasteiger partial charge in [-0.15, -0.1) is 0 Å². The van der Waals surface area contributed by atoms with Gasteiger partial charge in [0.15, 0.2) is 0 Å². The number of carbonyl (C=O) groups is 1. The van der Waals surface area contributed by atoms with E-state index in [1.165, 1.54) is 22.3 Å². The quantitative estimate of drug-likeness (QED) is 0.468. The van der Waals surface area contributed by atoms with Crippen molar-refractivity contribution < 1.29 is 28.8 Å². The van der Waals surface area contributed by atoms with Gasteiger partial charge in [0.25, 0.3) is 0 Å². The Labute approximate surface area is 205 Å². The maximum atomic E-state index is 11.1. The highest BCUT2D eigenvalue weighted by Crippen LogP contribution is 2.40. The molecule has 3 aromatic rings. The van der Waals surface area contributed by atoms with E-state index in [2.05, 4.69) is 44.2 Å². The lowest BCUT2D eigenvalue weighted by Gasteiger charge is -2.15. The van der Waals surface area contributed by atoms with E-state index in [0.717, 1.165) is 28.9 Å².